The molecule has 31 heavy (non-hydrogen) atoms. The summed E-state index contributed by atoms with van der Waals surface area (Å²) in [5.74, 6) is 0.335. The number of aromatic amines is 1. The molecule has 0 fully saturated rings. The monoisotopic (exact) mass is 435 g/mol. The van der Waals surface area contributed by atoms with E-state index in [-0.39, 0.29) is 23.8 Å². The first kappa shape index (κ1) is 20.7. The fraction of sp³-hybridized carbons (Fsp3) is 0.174. The third-order valence-corrected chi connectivity index (χ3v) is 5.85. The van der Waals surface area contributed by atoms with E-state index in [1.165, 1.54) is 18.9 Å². The molecule has 0 aliphatic carbocycles. The van der Waals surface area contributed by atoms with Gasteiger partial charge >= 0.3 is 5.97 Å². The predicted octanol–water partition coefficient (Wildman–Crippen LogP) is 3.71. The van der Waals surface area contributed by atoms with Crippen molar-refractivity contribution in [2.45, 2.75) is 11.7 Å². The summed E-state index contributed by atoms with van der Waals surface area (Å²) in [6.45, 7) is 0.259. The maximum absolute atomic E-state index is 13.4. The van der Waals surface area contributed by atoms with Crippen LogP contribution in [0.15, 0.2) is 70.7 Å². The Hall–Kier alpha value is -3.52. The molecule has 7 nitrogen and oxygen atoms in total. The van der Waals surface area contributed by atoms with Gasteiger partial charge in [-0.15, -0.1) is 0 Å². The van der Waals surface area contributed by atoms with Gasteiger partial charge in [0.05, 0.1) is 26.5 Å². The number of ether oxygens (including phenoxy) is 2. The van der Waals surface area contributed by atoms with Gasteiger partial charge in [0.15, 0.2) is 5.16 Å². The van der Waals surface area contributed by atoms with Crippen molar-refractivity contribution in [1.82, 2.24) is 14.5 Å². The third kappa shape index (κ3) is 4.20. The number of carbonyl (C=O) groups excluding carboxylic acids is 1. The number of rotatable bonds is 7. The van der Waals surface area contributed by atoms with Gasteiger partial charge < -0.3 is 14.5 Å². The van der Waals surface area contributed by atoms with E-state index in [1.807, 2.05) is 54.6 Å². The number of esters is 1. The van der Waals surface area contributed by atoms with Crippen molar-refractivity contribution in [1.29, 1.82) is 0 Å². The molecule has 0 spiro atoms. The number of benzene rings is 2. The molecule has 0 saturated heterocycles. The van der Waals surface area contributed by atoms with E-state index in [2.05, 4.69) is 4.98 Å². The van der Waals surface area contributed by atoms with Crippen LogP contribution in [-0.4, -0.2) is 40.5 Å². The van der Waals surface area contributed by atoms with Gasteiger partial charge in [-0.2, -0.15) is 0 Å². The van der Waals surface area contributed by atoms with E-state index in [9.17, 15) is 9.59 Å². The van der Waals surface area contributed by atoms with E-state index in [4.69, 9.17) is 14.5 Å². The fourth-order valence-electron chi connectivity index (χ4n) is 3.35. The maximum atomic E-state index is 13.4. The maximum Gasteiger partial charge on any atom is 0.316 e. The first-order valence-electron chi connectivity index (χ1n) is 9.61. The quantitative estimate of drug-likeness (QED) is 0.271. The number of H-pyrrole nitrogens is 1. The molecule has 0 aliphatic rings. The van der Waals surface area contributed by atoms with Gasteiger partial charge in [-0.25, -0.2) is 4.98 Å². The molecule has 2 aromatic heterocycles. The Labute approximate surface area is 183 Å². The van der Waals surface area contributed by atoms with Crippen LogP contribution < -0.4 is 10.3 Å². The van der Waals surface area contributed by atoms with Gasteiger partial charge in [-0.1, -0.05) is 60.3 Å². The van der Waals surface area contributed by atoms with Crippen LogP contribution in [0.4, 0.5) is 0 Å². The molecule has 2 heterocycles. The average Bonchev–Trinajstić information content (AvgIpc) is 3.24. The highest BCUT2D eigenvalue weighted by atomic mass is 32.2. The Bertz CT molecular complexity index is 1280. The molecule has 0 amide bonds. The van der Waals surface area contributed by atoms with Gasteiger partial charge in [0.25, 0.3) is 5.56 Å². The summed E-state index contributed by atoms with van der Waals surface area (Å²) in [6, 6.07) is 17.2. The zero-order valence-corrected chi connectivity index (χ0v) is 17.9. The van der Waals surface area contributed by atoms with Crippen molar-refractivity contribution in [2.75, 3.05) is 20.0 Å². The number of fused-ring (bicyclic) bond motifs is 1. The summed E-state index contributed by atoms with van der Waals surface area (Å²) in [6.07, 6.45) is 1.79. The second-order valence-corrected chi connectivity index (χ2v) is 7.70. The van der Waals surface area contributed by atoms with E-state index in [0.717, 1.165) is 16.7 Å². The number of para-hydroxylation sites is 1. The van der Waals surface area contributed by atoms with Crippen LogP contribution in [0.3, 0.4) is 0 Å². The minimum atomic E-state index is -0.388. The highest BCUT2D eigenvalue weighted by Crippen LogP contribution is 2.28. The summed E-state index contributed by atoms with van der Waals surface area (Å²) in [5, 5.41) is 0.436. The van der Waals surface area contributed by atoms with Crippen LogP contribution in [0, 0.1) is 0 Å². The first-order chi connectivity index (χ1) is 15.1. The summed E-state index contributed by atoms with van der Waals surface area (Å²) >= 11 is 1.17. The van der Waals surface area contributed by atoms with Crippen molar-refractivity contribution in [3.05, 3.63) is 76.7 Å². The van der Waals surface area contributed by atoms with Gasteiger partial charge in [0.2, 0.25) is 0 Å². The Kier molecular flexibility index (Phi) is 6.08. The highest BCUT2D eigenvalue weighted by molar-refractivity contribution is 7.99. The molecule has 1 N–H and O–H groups in total. The summed E-state index contributed by atoms with van der Waals surface area (Å²) in [7, 11) is 2.92. The van der Waals surface area contributed by atoms with Crippen molar-refractivity contribution in [3.63, 3.8) is 0 Å². The number of aromatic nitrogens is 3. The number of nitrogens with one attached hydrogen (secondary N) is 1. The zero-order valence-electron chi connectivity index (χ0n) is 17.1. The van der Waals surface area contributed by atoms with Crippen LogP contribution >= 0.6 is 11.8 Å². The fourth-order valence-corrected chi connectivity index (χ4v) is 4.17. The van der Waals surface area contributed by atoms with Crippen LogP contribution in [0.1, 0.15) is 5.56 Å². The lowest BCUT2D eigenvalue weighted by molar-refractivity contribution is -0.137. The van der Waals surface area contributed by atoms with E-state index < -0.39 is 0 Å². The minimum absolute atomic E-state index is 0.0471. The molecule has 158 valence electrons. The number of hydrogen-bond acceptors (Lipinski definition) is 6. The van der Waals surface area contributed by atoms with E-state index in [0.29, 0.717) is 21.9 Å². The standard InChI is InChI=1S/C23H21N3O4S/c1-29-18-11-7-6-10-16(18)13-26-22(28)21-20(25-23(26)31-14-19(27)30-2)17(12-24-21)15-8-4-3-5-9-15/h3-12,24H,13-14H2,1-2H3. The molecule has 0 atom stereocenters. The lowest BCUT2D eigenvalue weighted by atomic mass is 10.1. The van der Waals surface area contributed by atoms with Crippen LogP contribution in [0.5, 0.6) is 5.75 Å². The largest absolute Gasteiger partial charge is 0.496 e. The van der Waals surface area contributed by atoms with Crippen LogP contribution in [0.25, 0.3) is 22.2 Å². The molecule has 0 aliphatic heterocycles. The Morgan fingerprint density at radius 3 is 2.58 bits per heavy atom. The molecular formula is C23H21N3O4S. The second-order valence-electron chi connectivity index (χ2n) is 6.75. The van der Waals surface area contributed by atoms with Gasteiger partial charge in [-0.05, 0) is 11.6 Å². The van der Waals surface area contributed by atoms with Gasteiger partial charge in [-0.3, -0.25) is 14.2 Å². The molecule has 0 bridgehead atoms. The highest BCUT2D eigenvalue weighted by Gasteiger charge is 2.19. The topological polar surface area (TPSA) is 86.2 Å². The number of hydrogen-bond donors (Lipinski definition) is 1. The van der Waals surface area contributed by atoms with Gasteiger partial charge in [0.1, 0.15) is 16.8 Å². The Morgan fingerprint density at radius 1 is 1.10 bits per heavy atom. The molecule has 0 radical (unpaired) electrons. The molecule has 0 unspecified atom stereocenters. The predicted molar refractivity (Wildman–Crippen MR) is 121 cm³/mol. The van der Waals surface area contributed by atoms with Gasteiger partial charge in [0, 0.05) is 17.3 Å². The lowest BCUT2D eigenvalue weighted by Crippen LogP contribution is -2.24. The summed E-state index contributed by atoms with van der Waals surface area (Å²) < 4.78 is 11.8. The molecule has 0 saturated carbocycles. The molecule has 4 rings (SSSR count). The SMILES string of the molecule is COC(=O)CSc1nc2c(-c3ccccc3)c[nH]c2c(=O)n1Cc1ccccc1OC. The number of thioether (sulfide) groups is 1. The van der Waals surface area contributed by atoms with Crippen LogP contribution in [0.2, 0.25) is 0 Å². The van der Waals surface area contributed by atoms with Crippen LogP contribution in [-0.2, 0) is 16.1 Å². The molecular weight excluding hydrogens is 414 g/mol. The van der Waals surface area contributed by atoms with Crippen molar-refractivity contribution < 1.29 is 14.3 Å². The smallest absolute Gasteiger partial charge is 0.316 e. The number of nitrogens with zero attached hydrogens (tertiary/aromatic N) is 2. The minimum Gasteiger partial charge on any atom is -0.496 e. The summed E-state index contributed by atoms with van der Waals surface area (Å²) in [4.78, 5) is 33.1. The normalized spacial score (nSPS) is 10.9. The Balaban J connectivity index is 1.86. The van der Waals surface area contributed by atoms with E-state index >= 15 is 0 Å². The second kappa shape index (κ2) is 9.09. The summed E-state index contributed by atoms with van der Waals surface area (Å²) in [5.41, 5.74) is 3.38. The molecule has 2 aromatic carbocycles. The molecule has 4 aromatic rings. The average molecular weight is 436 g/mol. The first-order valence-corrected chi connectivity index (χ1v) is 10.6. The van der Waals surface area contributed by atoms with Crippen molar-refractivity contribution >= 4 is 28.8 Å². The lowest BCUT2D eigenvalue weighted by Gasteiger charge is -2.14. The Morgan fingerprint density at radius 2 is 1.84 bits per heavy atom. The number of carbonyl (C=O) groups is 1. The van der Waals surface area contributed by atoms with E-state index in [1.54, 1.807) is 17.9 Å². The third-order valence-electron chi connectivity index (χ3n) is 4.90. The van der Waals surface area contributed by atoms with Crippen molar-refractivity contribution in [3.8, 4) is 16.9 Å². The molecule has 8 heteroatoms. The van der Waals surface area contributed by atoms with Crippen molar-refractivity contribution in [2.24, 2.45) is 0 Å². The zero-order chi connectivity index (χ0) is 21.8. The number of methoxy groups -OCH3 is 2.